The Hall–Kier alpha value is -2.23. The summed E-state index contributed by atoms with van der Waals surface area (Å²) in [4.78, 5) is 25.3. The van der Waals surface area contributed by atoms with E-state index < -0.39 is 16.1 Å². The van der Waals surface area contributed by atoms with E-state index in [0.29, 0.717) is 18.7 Å². The van der Waals surface area contributed by atoms with E-state index in [1.165, 1.54) is 14.2 Å². The number of aryl methyl sites for hydroxylation is 1. The fraction of sp³-hybridized carbons (Fsp3) is 0.538. The fourth-order valence-corrected chi connectivity index (χ4v) is 3.33. The van der Waals surface area contributed by atoms with Crippen LogP contribution in [0, 0.1) is 6.92 Å². The summed E-state index contributed by atoms with van der Waals surface area (Å²) in [5.74, 6) is 0.351. The monoisotopic (exact) mass is 341 g/mol. The van der Waals surface area contributed by atoms with Crippen molar-refractivity contribution in [1.82, 2.24) is 19.7 Å². The molecule has 1 aromatic heterocycles. The fourth-order valence-electron chi connectivity index (χ4n) is 2.08. The molecule has 9 nitrogen and oxygen atoms in total. The molecule has 1 aromatic rings. The molecule has 23 heavy (non-hydrogen) atoms. The van der Waals surface area contributed by atoms with Crippen molar-refractivity contribution < 1.29 is 17.9 Å². The van der Waals surface area contributed by atoms with Crippen molar-refractivity contribution in [2.24, 2.45) is 0 Å². The van der Waals surface area contributed by atoms with Gasteiger partial charge in [0.25, 0.3) is 10.0 Å². The van der Waals surface area contributed by atoms with Gasteiger partial charge in [-0.25, -0.2) is 17.9 Å². The summed E-state index contributed by atoms with van der Waals surface area (Å²) in [5.41, 5.74) is 0. The first-order valence-corrected chi connectivity index (χ1v) is 8.58. The van der Waals surface area contributed by atoms with Crippen molar-refractivity contribution >= 4 is 22.0 Å². The largest absolute Gasteiger partial charge is 0.467 e. The molecule has 1 N–H and O–H groups in total. The number of anilines is 1. The number of hydrogen-bond acceptors (Lipinski definition) is 7. The third-order valence-corrected chi connectivity index (χ3v) is 4.82. The van der Waals surface area contributed by atoms with E-state index in [-0.39, 0.29) is 16.9 Å². The van der Waals surface area contributed by atoms with Crippen LogP contribution in [0.2, 0.25) is 0 Å². The Kier molecular flexibility index (Phi) is 5.14. The SMILES string of the molecule is COc1nc(C)nc(N(C)C(=O)NS(=O)(=O)C2=CCCCC2)n1. The van der Waals surface area contributed by atoms with Crippen LogP contribution in [0.4, 0.5) is 10.7 Å². The zero-order valence-corrected chi connectivity index (χ0v) is 14.1. The third-order valence-electron chi connectivity index (χ3n) is 3.32. The van der Waals surface area contributed by atoms with Crippen molar-refractivity contribution in [1.29, 1.82) is 0 Å². The quantitative estimate of drug-likeness (QED) is 0.872. The van der Waals surface area contributed by atoms with Crippen LogP contribution in [0.1, 0.15) is 31.5 Å². The summed E-state index contributed by atoms with van der Waals surface area (Å²) < 4.78 is 31.4. The van der Waals surface area contributed by atoms with Crippen molar-refractivity contribution in [2.45, 2.75) is 32.6 Å². The van der Waals surface area contributed by atoms with Crippen molar-refractivity contribution in [3.8, 4) is 6.01 Å². The Balaban J connectivity index is 2.17. The van der Waals surface area contributed by atoms with Crippen LogP contribution in [0.15, 0.2) is 11.0 Å². The first-order chi connectivity index (χ1) is 10.8. The van der Waals surface area contributed by atoms with E-state index in [4.69, 9.17) is 4.74 Å². The molecule has 0 aromatic carbocycles. The molecule has 0 unspecified atom stereocenters. The molecule has 0 bridgehead atoms. The van der Waals surface area contributed by atoms with Crippen LogP contribution in [0.25, 0.3) is 0 Å². The van der Waals surface area contributed by atoms with Crippen LogP contribution in [0.5, 0.6) is 6.01 Å². The number of amides is 2. The molecule has 0 spiro atoms. The zero-order chi connectivity index (χ0) is 17.0. The highest BCUT2D eigenvalue weighted by Gasteiger charge is 2.25. The maximum Gasteiger partial charge on any atom is 0.337 e. The second kappa shape index (κ2) is 6.90. The first-order valence-electron chi connectivity index (χ1n) is 7.09. The van der Waals surface area contributed by atoms with E-state index in [2.05, 4.69) is 15.0 Å². The molecule has 1 aliphatic rings. The molecule has 1 heterocycles. The number of aromatic nitrogens is 3. The normalized spacial score (nSPS) is 14.8. The van der Waals surface area contributed by atoms with Gasteiger partial charge in [-0.1, -0.05) is 6.08 Å². The van der Waals surface area contributed by atoms with Gasteiger partial charge in [0, 0.05) is 7.05 Å². The summed E-state index contributed by atoms with van der Waals surface area (Å²) in [6.07, 6.45) is 4.53. The Morgan fingerprint density at radius 2 is 2.04 bits per heavy atom. The van der Waals surface area contributed by atoms with Gasteiger partial charge in [0.1, 0.15) is 5.82 Å². The number of urea groups is 1. The summed E-state index contributed by atoms with van der Waals surface area (Å²) >= 11 is 0. The molecule has 0 aliphatic heterocycles. The van der Waals surface area contributed by atoms with Crippen molar-refractivity contribution in [3.05, 3.63) is 16.8 Å². The lowest BCUT2D eigenvalue weighted by atomic mass is 10.1. The summed E-state index contributed by atoms with van der Waals surface area (Å²) in [6, 6.07) is -0.797. The Bertz CT molecular complexity index is 732. The summed E-state index contributed by atoms with van der Waals surface area (Å²) in [7, 11) is -1.09. The number of ether oxygens (including phenoxy) is 1. The van der Waals surface area contributed by atoms with E-state index in [1.807, 2.05) is 4.72 Å². The number of rotatable bonds is 4. The molecule has 126 valence electrons. The molecule has 10 heteroatoms. The molecule has 0 fully saturated rings. The lowest BCUT2D eigenvalue weighted by molar-refractivity contribution is 0.252. The second-order valence-electron chi connectivity index (χ2n) is 5.06. The van der Waals surface area contributed by atoms with Gasteiger partial charge in [0.15, 0.2) is 0 Å². The number of methoxy groups -OCH3 is 1. The van der Waals surface area contributed by atoms with Gasteiger partial charge >= 0.3 is 12.0 Å². The minimum absolute atomic E-state index is 0.000302. The van der Waals surface area contributed by atoms with E-state index in [1.54, 1.807) is 13.0 Å². The molecule has 0 saturated heterocycles. The number of nitrogens with one attached hydrogen (secondary N) is 1. The van der Waals surface area contributed by atoms with Crippen LogP contribution < -0.4 is 14.4 Å². The molecular weight excluding hydrogens is 322 g/mol. The molecule has 0 radical (unpaired) electrons. The Morgan fingerprint density at radius 3 is 2.65 bits per heavy atom. The average Bonchev–Trinajstić information content (AvgIpc) is 2.53. The maximum atomic E-state index is 12.2. The number of allylic oxidation sites excluding steroid dienone is 2. The zero-order valence-electron chi connectivity index (χ0n) is 13.2. The Morgan fingerprint density at radius 1 is 1.30 bits per heavy atom. The molecule has 1 aliphatic carbocycles. The van der Waals surface area contributed by atoms with E-state index >= 15 is 0 Å². The molecule has 2 rings (SSSR count). The summed E-state index contributed by atoms with van der Waals surface area (Å²) in [6.45, 7) is 1.61. The van der Waals surface area contributed by atoms with Gasteiger partial charge in [-0.15, -0.1) is 0 Å². The topological polar surface area (TPSA) is 114 Å². The van der Waals surface area contributed by atoms with Crippen molar-refractivity contribution in [2.75, 3.05) is 19.1 Å². The van der Waals surface area contributed by atoms with Gasteiger partial charge < -0.3 is 4.74 Å². The molecular formula is C13H19N5O4S. The second-order valence-corrected chi connectivity index (χ2v) is 6.79. The van der Waals surface area contributed by atoms with Gasteiger partial charge in [0.2, 0.25) is 5.95 Å². The van der Waals surface area contributed by atoms with Crippen LogP contribution in [-0.2, 0) is 10.0 Å². The van der Waals surface area contributed by atoms with E-state index in [0.717, 1.165) is 17.7 Å². The van der Waals surface area contributed by atoms with Crippen LogP contribution >= 0.6 is 0 Å². The van der Waals surface area contributed by atoms with Crippen LogP contribution in [0.3, 0.4) is 0 Å². The number of carbonyl (C=O) groups is 1. The highest BCUT2D eigenvalue weighted by Crippen LogP contribution is 2.21. The lowest BCUT2D eigenvalue weighted by Crippen LogP contribution is -2.42. The van der Waals surface area contributed by atoms with Gasteiger partial charge in [0.05, 0.1) is 12.0 Å². The van der Waals surface area contributed by atoms with E-state index in [9.17, 15) is 13.2 Å². The minimum Gasteiger partial charge on any atom is -0.467 e. The molecule has 2 amide bonds. The number of carbonyl (C=O) groups excluding carboxylic acids is 1. The van der Waals surface area contributed by atoms with Crippen LogP contribution in [-0.4, -0.2) is 43.6 Å². The highest BCUT2D eigenvalue weighted by molar-refractivity contribution is 7.93. The first kappa shape index (κ1) is 17.1. The predicted molar refractivity (Wildman–Crippen MR) is 83.5 cm³/mol. The maximum absolute atomic E-state index is 12.2. The van der Waals surface area contributed by atoms with Gasteiger partial charge in [-0.3, -0.25) is 4.90 Å². The Labute approximate surface area is 134 Å². The summed E-state index contributed by atoms with van der Waals surface area (Å²) in [5, 5.41) is 0. The molecule has 0 atom stereocenters. The predicted octanol–water partition coefficient (Wildman–Crippen LogP) is 1.12. The van der Waals surface area contributed by atoms with Gasteiger partial charge in [-0.2, -0.15) is 15.0 Å². The number of nitrogens with zero attached hydrogens (tertiary/aromatic N) is 4. The minimum atomic E-state index is -3.84. The number of hydrogen-bond donors (Lipinski definition) is 1. The average molecular weight is 341 g/mol. The lowest BCUT2D eigenvalue weighted by Gasteiger charge is -2.18. The molecule has 0 saturated carbocycles. The smallest absolute Gasteiger partial charge is 0.337 e. The standard InChI is InChI=1S/C13H19N5O4S/c1-9-14-11(16-12(15-9)22-3)18(2)13(19)17-23(20,21)10-7-5-4-6-8-10/h7H,4-6,8H2,1-3H3,(H,17,19). The van der Waals surface area contributed by atoms with Gasteiger partial charge in [-0.05, 0) is 32.6 Å². The van der Waals surface area contributed by atoms with Crippen molar-refractivity contribution in [3.63, 3.8) is 0 Å². The number of sulfonamides is 1. The highest BCUT2D eigenvalue weighted by atomic mass is 32.2. The third kappa shape index (κ3) is 4.15.